The SMILES string of the molecule is NC(=O)[C@@H]1CC[C@@H](Nc2ncc3nnn(-c4ccc(-c5cnn(CCOC6CCCCO6)c5)cc4)c3n2)C1. The number of nitrogens with one attached hydrogen (secondary N) is 1. The molecule has 3 N–H and O–H groups in total. The Morgan fingerprint density at radius 1 is 1.13 bits per heavy atom. The smallest absolute Gasteiger partial charge is 0.225 e. The van der Waals surface area contributed by atoms with Crippen LogP contribution in [0.25, 0.3) is 28.0 Å². The van der Waals surface area contributed by atoms with Gasteiger partial charge in [0.15, 0.2) is 17.5 Å². The number of nitrogens with zero attached hydrogens (tertiary/aromatic N) is 7. The quantitative estimate of drug-likeness (QED) is 0.342. The van der Waals surface area contributed by atoms with Crippen molar-refractivity contribution < 1.29 is 14.3 Å². The molecule has 0 bridgehead atoms. The molecule has 1 saturated carbocycles. The van der Waals surface area contributed by atoms with E-state index in [0.717, 1.165) is 55.5 Å². The van der Waals surface area contributed by atoms with Crippen LogP contribution >= 0.6 is 0 Å². The molecule has 1 unspecified atom stereocenters. The van der Waals surface area contributed by atoms with Crippen molar-refractivity contribution in [3.05, 3.63) is 42.9 Å². The third-order valence-electron chi connectivity index (χ3n) is 7.20. The van der Waals surface area contributed by atoms with E-state index >= 15 is 0 Å². The first-order valence-electron chi connectivity index (χ1n) is 13.1. The second-order valence-electron chi connectivity index (χ2n) is 9.86. The van der Waals surface area contributed by atoms with Crippen molar-refractivity contribution in [1.82, 2.24) is 34.7 Å². The Bertz CT molecular complexity index is 1390. The summed E-state index contributed by atoms with van der Waals surface area (Å²) in [5, 5.41) is 16.3. The molecule has 3 atom stereocenters. The molecule has 1 amide bonds. The van der Waals surface area contributed by atoms with Crippen LogP contribution in [0.2, 0.25) is 0 Å². The lowest BCUT2D eigenvalue weighted by Gasteiger charge is -2.22. The van der Waals surface area contributed by atoms with Gasteiger partial charge in [0.25, 0.3) is 0 Å². The zero-order valence-corrected chi connectivity index (χ0v) is 21.1. The van der Waals surface area contributed by atoms with Crippen molar-refractivity contribution in [3.8, 4) is 16.8 Å². The summed E-state index contributed by atoms with van der Waals surface area (Å²) in [4.78, 5) is 20.5. The maximum atomic E-state index is 11.5. The van der Waals surface area contributed by atoms with Crippen LogP contribution in [0.3, 0.4) is 0 Å². The molecule has 2 fully saturated rings. The zero-order valence-electron chi connectivity index (χ0n) is 21.1. The highest BCUT2D eigenvalue weighted by atomic mass is 16.7. The normalized spacial score (nSPS) is 21.6. The van der Waals surface area contributed by atoms with Crippen LogP contribution in [-0.2, 0) is 20.8 Å². The Morgan fingerprint density at radius 2 is 2.03 bits per heavy atom. The molecule has 1 saturated heterocycles. The van der Waals surface area contributed by atoms with Gasteiger partial charge in [0.2, 0.25) is 11.9 Å². The molecule has 1 aromatic carbocycles. The second kappa shape index (κ2) is 10.8. The number of primary amides is 1. The summed E-state index contributed by atoms with van der Waals surface area (Å²) in [5.74, 6) is 0.139. The molecule has 2 aliphatic rings. The van der Waals surface area contributed by atoms with Gasteiger partial charge in [-0.3, -0.25) is 9.48 Å². The lowest BCUT2D eigenvalue weighted by atomic mass is 10.1. The Morgan fingerprint density at radius 3 is 2.82 bits per heavy atom. The molecule has 4 aromatic rings. The number of hydrogen-bond donors (Lipinski definition) is 2. The lowest BCUT2D eigenvalue weighted by Crippen LogP contribution is -2.24. The summed E-state index contributed by atoms with van der Waals surface area (Å²) < 4.78 is 15.0. The minimum atomic E-state index is -0.248. The number of fused-ring (bicyclic) bond motifs is 1. The van der Waals surface area contributed by atoms with Crippen molar-refractivity contribution in [2.75, 3.05) is 18.5 Å². The number of aromatic nitrogens is 7. The number of hydrogen-bond acceptors (Lipinski definition) is 9. The van der Waals surface area contributed by atoms with Crippen LogP contribution in [-0.4, -0.2) is 66.2 Å². The molecule has 4 heterocycles. The lowest BCUT2D eigenvalue weighted by molar-refractivity contribution is -0.163. The molecular formula is C26H31N9O3. The van der Waals surface area contributed by atoms with E-state index in [9.17, 15) is 4.79 Å². The molecule has 6 rings (SSSR count). The van der Waals surface area contributed by atoms with Crippen LogP contribution < -0.4 is 11.1 Å². The van der Waals surface area contributed by atoms with Gasteiger partial charge in [-0.15, -0.1) is 5.10 Å². The number of benzene rings is 1. The maximum Gasteiger partial charge on any atom is 0.225 e. The van der Waals surface area contributed by atoms with E-state index in [0.29, 0.717) is 36.7 Å². The van der Waals surface area contributed by atoms with Gasteiger partial charge in [-0.2, -0.15) is 14.8 Å². The number of carbonyl (C=O) groups excluding carboxylic acids is 1. The average molecular weight is 518 g/mol. The highest BCUT2D eigenvalue weighted by Gasteiger charge is 2.29. The number of amides is 1. The minimum Gasteiger partial charge on any atom is -0.369 e. The molecule has 198 valence electrons. The number of rotatable bonds is 9. The number of anilines is 1. The summed E-state index contributed by atoms with van der Waals surface area (Å²) in [7, 11) is 0. The van der Waals surface area contributed by atoms with E-state index in [4.69, 9.17) is 15.2 Å². The predicted molar refractivity (Wildman–Crippen MR) is 139 cm³/mol. The van der Waals surface area contributed by atoms with E-state index < -0.39 is 0 Å². The molecule has 12 heteroatoms. The Balaban J connectivity index is 1.11. The number of nitrogens with two attached hydrogens (primary N) is 1. The third-order valence-corrected chi connectivity index (χ3v) is 7.20. The van der Waals surface area contributed by atoms with Crippen LogP contribution in [0, 0.1) is 5.92 Å². The first kappa shape index (κ1) is 24.4. The van der Waals surface area contributed by atoms with Gasteiger partial charge in [-0.1, -0.05) is 17.3 Å². The van der Waals surface area contributed by atoms with Gasteiger partial charge in [0.05, 0.1) is 31.2 Å². The summed E-state index contributed by atoms with van der Waals surface area (Å²) in [5.41, 5.74) is 9.57. The van der Waals surface area contributed by atoms with E-state index in [1.807, 2.05) is 41.3 Å². The Kier molecular flexibility index (Phi) is 6.97. The molecule has 0 radical (unpaired) electrons. The van der Waals surface area contributed by atoms with E-state index in [-0.39, 0.29) is 24.2 Å². The second-order valence-corrected chi connectivity index (χ2v) is 9.86. The fraction of sp³-hybridized carbons (Fsp3) is 0.462. The summed E-state index contributed by atoms with van der Waals surface area (Å²) in [6.45, 7) is 2.01. The van der Waals surface area contributed by atoms with Gasteiger partial charge in [0, 0.05) is 30.3 Å². The zero-order chi connectivity index (χ0) is 25.9. The van der Waals surface area contributed by atoms with Gasteiger partial charge in [-0.25, -0.2) is 4.98 Å². The first-order chi connectivity index (χ1) is 18.6. The molecule has 1 aliphatic carbocycles. The Hall–Kier alpha value is -3.90. The summed E-state index contributed by atoms with van der Waals surface area (Å²) in [6, 6.07) is 8.13. The van der Waals surface area contributed by atoms with Gasteiger partial charge in [-0.05, 0) is 56.2 Å². The fourth-order valence-electron chi connectivity index (χ4n) is 5.08. The topological polar surface area (TPSA) is 148 Å². The van der Waals surface area contributed by atoms with E-state index in [1.165, 1.54) is 0 Å². The van der Waals surface area contributed by atoms with E-state index in [2.05, 4.69) is 30.7 Å². The molecule has 1 aliphatic heterocycles. The van der Waals surface area contributed by atoms with Crippen LogP contribution in [0.4, 0.5) is 5.95 Å². The fourth-order valence-corrected chi connectivity index (χ4v) is 5.08. The van der Waals surface area contributed by atoms with Crippen molar-refractivity contribution in [2.45, 2.75) is 57.4 Å². The highest BCUT2D eigenvalue weighted by Crippen LogP contribution is 2.28. The molecule has 3 aromatic heterocycles. The van der Waals surface area contributed by atoms with Crippen molar-refractivity contribution in [2.24, 2.45) is 11.7 Å². The van der Waals surface area contributed by atoms with Crippen molar-refractivity contribution >= 4 is 23.0 Å². The molecule has 12 nitrogen and oxygen atoms in total. The van der Waals surface area contributed by atoms with E-state index in [1.54, 1.807) is 10.9 Å². The van der Waals surface area contributed by atoms with Crippen molar-refractivity contribution in [1.29, 1.82) is 0 Å². The largest absolute Gasteiger partial charge is 0.369 e. The van der Waals surface area contributed by atoms with Gasteiger partial charge < -0.3 is 20.5 Å². The Labute approximate surface area is 219 Å². The molecule has 38 heavy (non-hydrogen) atoms. The predicted octanol–water partition coefficient (Wildman–Crippen LogP) is 2.68. The highest BCUT2D eigenvalue weighted by molar-refractivity contribution is 5.77. The minimum absolute atomic E-state index is 0.0896. The monoisotopic (exact) mass is 517 g/mol. The third kappa shape index (κ3) is 5.36. The number of carbonyl (C=O) groups is 1. The van der Waals surface area contributed by atoms with Crippen LogP contribution in [0.1, 0.15) is 38.5 Å². The van der Waals surface area contributed by atoms with Gasteiger partial charge >= 0.3 is 0 Å². The van der Waals surface area contributed by atoms with Crippen molar-refractivity contribution in [3.63, 3.8) is 0 Å². The first-order valence-corrected chi connectivity index (χ1v) is 13.1. The summed E-state index contributed by atoms with van der Waals surface area (Å²) in [6.07, 6.45) is 11.0. The molecular weight excluding hydrogens is 486 g/mol. The maximum absolute atomic E-state index is 11.5. The van der Waals surface area contributed by atoms with Gasteiger partial charge in [0.1, 0.15) is 0 Å². The number of ether oxygens (including phenoxy) is 2. The van der Waals surface area contributed by atoms with Crippen LogP contribution in [0.5, 0.6) is 0 Å². The molecule has 0 spiro atoms. The summed E-state index contributed by atoms with van der Waals surface area (Å²) >= 11 is 0. The standard InChI is InChI=1S/C26H31N9O3/c27-24(36)18-4-7-20(13-18)30-26-28-15-22-25(31-26)35(33-32-22)21-8-5-17(6-9-21)19-14-29-34(16-19)10-12-38-23-3-1-2-11-37-23/h5-6,8-9,14-16,18,20,23H,1-4,7,10-13H2,(H2,27,36)(H,28,30,31)/t18-,20-,23?/m1/s1. The average Bonchev–Trinajstić information content (AvgIpc) is 3.70. The van der Waals surface area contributed by atoms with Crippen LogP contribution in [0.15, 0.2) is 42.9 Å².